The van der Waals surface area contributed by atoms with Crippen molar-refractivity contribution in [3.8, 4) is 17.2 Å². The molecule has 1 N–H and O–H groups in total. The van der Waals surface area contributed by atoms with Gasteiger partial charge in [0.25, 0.3) is 5.76 Å². The first-order valence-electron chi connectivity index (χ1n) is 11.6. The number of rotatable bonds is 8. The minimum Gasteiger partial charge on any atom is -0.507 e. The van der Waals surface area contributed by atoms with E-state index in [1.807, 2.05) is 32.6 Å². The number of benzene rings is 2. The number of aromatic hydroxyl groups is 1. The van der Waals surface area contributed by atoms with Gasteiger partial charge in [0, 0.05) is 19.6 Å². The van der Waals surface area contributed by atoms with Crippen LogP contribution in [0.1, 0.15) is 50.1 Å². The molecule has 35 heavy (non-hydrogen) atoms. The quantitative estimate of drug-likeness (QED) is 0.366. The second-order valence-electron chi connectivity index (χ2n) is 9.88. The van der Waals surface area contributed by atoms with E-state index in [1.54, 1.807) is 32.0 Å². The van der Waals surface area contributed by atoms with E-state index in [-0.39, 0.29) is 34.6 Å². The Balaban J connectivity index is 2.22. The topological polar surface area (TPSA) is 62.9 Å². The summed E-state index contributed by atoms with van der Waals surface area (Å²) in [4.78, 5) is 15.4. The highest BCUT2D eigenvalue weighted by molar-refractivity contribution is 5.83. The van der Waals surface area contributed by atoms with E-state index in [4.69, 9.17) is 9.15 Å². The van der Waals surface area contributed by atoms with E-state index >= 15 is 0 Å². The molecule has 1 aromatic heterocycles. The van der Waals surface area contributed by atoms with Crippen molar-refractivity contribution in [3.05, 3.63) is 63.0 Å². The number of phenolic OH excluding ortho intramolecular Hbond substituents is 1. The molecule has 0 atom stereocenters. The van der Waals surface area contributed by atoms with Gasteiger partial charge in [0.15, 0.2) is 0 Å². The molecular formula is C27H32F3NO4. The zero-order valence-corrected chi connectivity index (χ0v) is 20.9. The molecule has 0 saturated carbocycles. The summed E-state index contributed by atoms with van der Waals surface area (Å²) in [6.45, 7) is 13.1. The smallest absolute Gasteiger partial charge is 0.453 e. The van der Waals surface area contributed by atoms with Crippen molar-refractivity contribution in [2.75, 3.05) is 13.1 Å². The van der Waals surface area contributed by atoms with E-state index < -0.39 is 23.1 Å². The lowest BCUT2D eigenvalue weighted by molar-refractivity contribution is -0.154. The first-order valence-corrected chi connectivity index (χ1v) is 11.6. The summed E-state index contributed by atoms with van der Waals surface area (Å²) in [6.07, 6.45) is -4.99. The van der Waals surface area contributed by atoms with E-state index in [0.29, 0.717) is 30.5 Å². The maximum atomic E-state index is 14.1. The molecule has 0 aliphatic heterocycles. The Hall–Kier alpha value is -3.00. The van der Waals surface area contributed by atoms with Crippen molar-refractivity contribution in [1.82, 2.24) is 4.90 Å². The van der Waals surface area contributed by atoms with Gasteiger partial charge >= 0.3 is 6.18 Å². The first kappa shape index (κ1) is 26.6. The van der Waals surface area contributed by atoms with Crippen molar-refractivity contribution in [1.29, 1.82) is 0 Å². The fourth-order valence-electron chi connectivity index (χ4n) is 4.11. The van der Waals surface area contributed by atoms with Crippen LogP contribution in [-0.2, 0) is 12.7 Å². The monoisotopic (exact) mass is 491 g/mol. The lowest BCUT2D eigenvalue weighted by atomic mass is 10.1. The number of nitrogens with zero attached hydrogens (tertiary/aromatic N) is 1. The third kappa shape index (κ3) is 6.17. The van der Waals surface area contributed by atoms with Crippen LogP contribution in [0, 0.1) is 25.7 Å². The molecule has 0 aliphatic rings. The molecule has 0 unspecified atom stereocenters. The Morgan fingerprint density at radius 2 is 1.66 bits per heavy atom. The highest BCUT2D eigenvalue weighted by Crippen LogP contribution is 2.40. The first-order chi connectivity index (χ1) is 16.3. The van der Waals surface area contributed by atoms with Gasteiger partial charge in [-0.05, 0) is 55.0 Å². The molecule has 8 heteroatoms. The van der Waals surface area contributed by atoms with E-state index in [2.05, 4.69) is 0 Å². The lowest BCUT2D eigenvalue weighted by Gasteiger charge is -2.26. The number of phenols is 1. The summed E-state index contributed by atoms with van der Waals surface area (Å²) in [6, 6.07) is 7.65. The fourth-order valence-corrected chi connectivity index (χ4v) is 4.11. The second kappa shape index (κ2) is 10.3. The average molecular weight is 492 g/mol. The molecule has 1 heterocycles. The largest absolute Gasteiger partial charge is 0.507 e. The molecule has 0 saturated heterocycles. The summed E-state index contributed by atoms with van der Waals surface area (Å²) in [7, 11) is 0. The van der Waals surface area contributed by atoms with Gasteiger partial charge in [-0.15, -0.1) is 0 Å². The molecule has 0 fully saturated rings. The van der Waals surface area contributed by atoms with Gasteiger partial charge in [0.2, 0.25) is 11.2 Å². The van der Waals surface area contributed by atoms with Gasteiger partial charge < -0.3 is 14.3 Å². The molecule has 190 valence electrons. The van der Waals surface area contributed by atoms with E-state index in [1.165, 1.54) is 12.1 Å². The Morgan fingerprint density at radius 1 is 1.03 bits per heavy atom. The van der Waals surface area contributed by atoms with Crippen molar-refractivity contribution in [3.63, 3.8) is 0 Å². The summed E-state index contributed by atoms with van der Waals surface area (Å²) in [5.41, 5.74) is 0.261. The third-order valence-electron chi connectivity index (χ3n) is 5.54. The van der Waals surface area contributed by atoms with Crippen LogP contribution in [0.4, 0.5) is 13.2 Å². The van der Waals surface area contributed by atoms with E-state index in [9.17, 15) is 23.1 Å². The average Bonchev–Trinajstić information content (AvgIpc) is 2.72. The van der Waals surface area contributed by atoms with Gasteiger partial charge in [0.1, 0.15) is 17.1 Å². The number of ether oxygens (including phenoxy) is 1. The van der Waals surface area contributed by atoms with Crippen LogP contribution in [0.15, 0.2) is 39.5 Å². The molecule has 0 bridgehead atoms. The minimum absolute atomic E-state index is 0.0832. The van der Waals surface area contributed by atoms with Crippen LogP contribution in [0.2, 0.25) is 0 Å². The van der Waals surface area contributed by atoms with Crippen molar-refractivity contribution < 1.29 is 27.4 Å². The molecule has 3 aromatic rings. The molecule has 0 amide bonds. The summed E-state index contributed by atoms with van der Waals surface area (Å²) in [5, 5.41) is 10.5. The summed E-state index contributed by atoms with van der Waals surface area (Å²) >= 11 is 0. The number of halogens is 3. The van der Waals surface area contributed by atoms with Crippen LogP contribution in [0.25, 0.3) is 11.0 Å². The Bertz CT molecular complexity index is 1250. The van der Waals surface area contributed by atoms with Crippen molar-refractivity contribution in [2.45, 2.75) is 54.3 Å². The number of alkyl halides is 3. The maximum Gasteiger partial charge on any atom is 0.453 e. The maximum absolute atomic E-state index is 14.1. The van der Waals surface area contributed by atoms with Crippen molar-refractivity contribution >= 4 is 11.0 Å². The Morgan fingerprint density at radius 3 is 2.23 bits per heavy atom. The molecule has 3 rings (SSSR count). The summed E-state index contributed by atoms with van der Waals surface area (Å²) < 4.78 is 53.2. The Labute approximate surface area is 203 Å². The zero-order valence-electron chi connectivity index (χ0n) is 20.9. The van der Waals surface area contributed by atoms with E-state index in [0.717, 1.165) is 5.56 Å². The standard InChI is InChI=1S/C27H32F3NO4/c1-15(2)12-31(13-16(3)4)14-20-21(32)10-9-19-23(33)25(26(27(28,29)30)35-24(19)20)34-22-11-17(5)7-8-18(22)6/h7-11,15-16,32H,12-14H2,1-6H3. The molecule has 5 nitrogen and oxygen atoms in total. The SMILES string of the molecule is Cc1ccc(C)c(Oc2c(C(F)(F)F)oc3c(CN(CC(C)C)CC(C)C)c(O)ccc3c2=O)c1. The zero-order chi connectivity index (χ0) is 26.1. The molecule has 0 radical (unpaired) electrons. The van der Waals surface area contributed by atoms with Gasteiger partial charge in [-0.2, -0.15) is 13.2 Å². The molecule has 0 aliphatic carbocycles. The predicted molar refractivity (Wildman–Crippen MR) is 130 cm³/mol. The van der Waals surface area contributed by atoms with Crippen LogP contribution < -0.4 is 10.2 Å². The number of hydrogen-bond acceptors (Lipinski definition) is 5. The minimum atomic E-state index is -4.99. The van der Waals surface area contributed by atoms with Crippen LogP contribution >= 0.6 is 0 Å². The van der Waals surface area contributed by atoms with Gasteiger partial charge in [-0.3, -0.25) is 9.69 Å². The summed E-state index contributed by atoms with van der Waals surface area (Å²) in [5.74, 6) is -1.95. The highest BCUT2D eigenvalue weighted by Gasteiger charge is 2.41. The fraction of sp³-hybridized carbons (Fsp3) is 0.444. The van der Waals surface area contributed by atoms with Gasteiger partial charge in [0.05, 0.1) is 10.9 Å². The highest BCUT2D eigenvalue weighted by atomic mass is 19.4. The Kier molecular flexibility index (Phi) is 7.84. The second-order valence-corrected chi connectivity index (χ2v) is 9.88. The van der Waals surface area contributed by atoms with Crippen molar-refractivity contribution in [2.24, 2.45) is 11.8 Å². The normalized spacial score (nSPS) is 12.3. The number of aryl methyl sites for hydroxylation is 2. The van der Waals surface area contributed by atoms with Gasteiger partial charge in [-0.25, -0.2) is 0 Å². The molecular weight excluding hydrogens is 459 g/mol. The van der Waals surface area contributed by atoms with Crippen LogP contribution in [0.3, 0.4) is 0 Å². The van der Waals surface area contributed by atoms with Gasteiger partial charge in [-0.1, -0.05) is 39.8 Å². The number of hydrogen-bond donors (Lipinski definition) is 1. The predicted octanol–water partition coefficient (Wildman–Crippen LogP) is 7.04. The molecule has 0 spiro atoms. The van der Waals surface area contributed by atoms with Crippen LogP contribution in [0.5, 0.6) is 17.2 Å². The third-order valence-corrected chi connectivity index (χ3v) is 5.54. The lowest BCUT2D eigenvalue weighted by Crippen LogP contribution is -2.31. The molecule has 2 aromatic carbocycles. The number of fused-ring (bicyclic) bond motifs is 1. The van der Waals surface area contributed by atoms with Crippen LogP contribution in [-0.4, -0.2) is 23.1 Å².